The summed E-state index contributed by atoms with van der Waals surface area (Å²) in [5, 5.41) is 20.9. The second-order valence-electron chi connectivity index (χ2n) is 5.04. The van der Waals surface area contributed by atoms with Crippen molar-refractivity contribution in [3.8, 4) is 0 Å². The minimum absolute atomic E-state index is 0.182. The van der Waals surface area contributed by atoms with Crippen molar-refractivity contribution >= 4 is 12.0 Å². The fourth-order valence-corrected chi connectivity index (χ4v) is 2.47. The van der Waals surface area contributed by atoms with Gasteiger partial charge in [0.05, 0.1) is 6.54 Å². The Morgan fingerprint density at radius 2 is 2.00 bits per heavy atom. The lowest BCUT2D eigenvalue weighted by Gasteiger charge is -2.29. The monoisotopic (exact) mass is 281 g/mol. The number of hydrogen-bond acceptors (Lipinski definition) is 4. The molecule has 8 nitrogen and oxygen atoms in total. The third-order valence-corrected chi connectivity index (χ3v) is 3.60. The van der Waals surface area contributed by atoms with Crippen LogP contribution in [0.5, 0.6) is 0 Å². The van der Waals surface area contributed by atoms with Crippen molar-refractivity contribution in [2.24, 2.45) is 0 Å². The number of rotatable bonds is 4. The lowest BCUT2D eigenvalue weighted by atomic mass is 9.90. The summed E-state index contributed by atoms with van der Waals surface area (Å²) in [7, 11) is 0. The Morgan fingerprint density at radius 1 is 1.30 bits per heavy atom. The predicted molar refractivity (Wildman–Crippen MR) is 69.8 cm³/mol. The van der Waals surface area contributed by atoms with Gasteiger partial charge in [-0.15, -0.1) is 0 Å². The van der Waals surface area contributed by atoms with Gasteiger partial charge in [-0.25, -0.2) is 14.6 Å². The summed E-state index contributed by atoms with van der Waals surface area (Å²) in [6.07, 6.45) is 5.94. The number of H-pyrrole nitrogens is 1. The van der Waals surface area contributed by atoms with Crippen LogP contribution in [0.15, 0.2) is 6.33 Å². The molecule has 0 unspecified atom stereocenters. The van der Waals surface area contributed by atoms with Crippen molar-refractivity contribution in [3.63, 3.8) is 0 Å². The van der Waals surface area contributed by atoms with E-state index in [1.807, 2.05) is 0 Å². The topological polar surface area (TPSA) is 120 Å². The maximum absolute atomic E-state index is 11.9. The van der Waals surface area contributed by atoms with Crippen molar-refractivity contribution in [1.29, 1.82) is 0 Å². The number of hydrogen-bond donors (Lipinski definition) is 4. The van der Waals surface area contributed by atoms with Crippen LogP contribution in [0.3, 0.4) is 0 Å². The molecule has 1 aliphatic rings. The Labute approximate surface area is 116 Å². The third kappa shape index (κ3) is 3.46. The molecule has 1 aliphatic carbocycles. The molecule has 8 heteroatoms. The van der Waals surface area contributed by atoms with Crippen LogP contribution in [0.25, 0.3) is 0 Å². The van der Waals surface area contributed by atoms with Crippen LogP contribution in [0, 0.1) is 0 Å². The van der Waals surface area contributed by atoms with Crippen molar-refractivity contribution in [2.75, 3.05) is 0 Å². The Balaban J connectivity index is 1.93. The van der Waals surface area contributed by atoms with Gasteiger partial charge in [-0.2, -0.15) is 5.10 Å². The van der Waals surface area contributed by atoms with Crippen molar-refractivity contribution in [1.82, 2.24) is 25.8 Å². The molecule has 1 fully saturated rings. The second-order valence-corrected chi connectivity index (χ2v) is 5.04. The molecule has 2 rings (SSSR count). The van der Waals surface area contributed by atoms with E-state index in [-0.39, 0.29) is 6.54 Å². The van der Waals surface area contributed by atoms with Crippen LogP contribution < -0.4 is 10.6 Å². The first kappa shape index (κ1) is 14.3. The van der Waals surface area contributed by atoms with E-state index in [2.05, 4.69) is 25.8 Å². The molecule has 0 atom stereocenters. The highest BCUT2D eigenvalue weighted by Crippen LogP contribution is 2.27. The van der Waals surface area contributed by atoms with E-state index < -0.39 is 17.5 Å². The van der Waals surface area contributed by atoms with E-state index in [0.717, 1.165) is 25.7 Å². The van der Waals surface area contributed by atoms with E-state index in [4.69, 9.17) is 0 Å². The number of aromatic amines is 1. The van der Waals surface area contributed by atoms with Gasteiger partial charge in [-0.1, -0.05) is 25.7 Å². The van der Waals surface area contributed by atoms with E-state index in [1.54, 1.807) is 0 Å². The minimum atomic E-state index is -1.15. The van der Waals surface area contributed by atoms with Crippen LogP contribution >= 0.6 is 0 Å². The summed E-state index contributed by atoms with van der Waals surface area (Å²) in [5.74, 6) is -0.445. The summed E-state index contributed by atoms with van der Waals surface area (Å²) >= 11 is 0. The number of nitrogens with one attached hydrogen (secondary N) is 3. The number of carboxylic acids is 1. The van der Waals surface area contributed by atoms with Crippen LogP contribution in [-0.4, -0.2) is 37.8 Å². The summed E-state index contributed by atoms with van der Waals surface area (Å²) < 4.78 is 0. The highest BCUT2D eigenvalue weighted by atomic mass is 16.4. The van der Waals surface area contributed by atoms with Crippen molar-refractivity contribution in [2.45, 2.75) is 50.6 Å². The first-order valence-corrected chi connectivity index (χ1v) is 6.76. The largest absolute Gasteiger partial charge is 0.480 e. The zero-order valence-electron chi connectivity index (χ0n) is 11.2. The van der Waals surface area contributed by atoms with Gasteiger partial charge in [0.25, 0.3) is 0 Å². The second kappa shape index (κ2) is 6.36. The van der Waals surface area contributed by atoms with Gasteiger partial charge in [-0.3, -0.25) is 5.10 Å². The molecule has 0 spiro atoms. The molecule has 20 heavy (non-hydrogen) atoms. The average Bonchev–Trinajstić information content (AvgIpc) is 2.82. The number of urea groups is 1. The summed E-state index contributed by atoms with van der Waals surface area (Å²) in [6.45, 7) is 0.182. The number of carbonyl (C=O) groups excluding carboxylic acids is 1. The van der Waals surface area contributed by atoms with Gasteiger partial charge in [0.2, 0.25) is 0 Å². The molecule has 4 N–H and O–H groups in total. The predicted octanol–water partition coefficient (Wildman–Crippen LogP) is 0.781. The highest BCUT2D eigenvalue weighted by Gasteiger charge is 2.40. The first-order chi connectivity index (χ1) is 9.62. The van der Waals surface area contributed by atoms with E-state index in [9.17, 15) is 14.7 Å². The number of amides is 2. The molecule has 0 aromatic carbocycles. The Morgan fingerprint density at radius 3 is 2.55 bits per heavy atom. The number of nitrogens with zero attached hydrogens (tertiary/aromatic N) is 2. The Bertz CT molecular complexity index is 452. The van der Waals surface area contributed by atoms with E-state index >= 15 is 0 Å². The standard InChI is InChI=1S/C12H19N5O3/c18-10(19)12(5-3-1-2-4-6-12)16-11(20)13-7-9-14-8-15-17-9/h8H,1-7H2,(H,18,19)(H2,13,16,20)(H,14,15,17). The van der Waals surface area contributed by atoms with Crippen LogP contribution in [0.1, 0.15) is 44.3 Å². The maximum Gasteiger partial charge on any atom is 0.329 e. The SMILES string of the molecule is O=C(NCc1ncn[nH]1)NC1(C(=O)O)CCCCCC1. The van der Waals surface area contributed by atoms with Crippen molar-refractivity contribution in [3.05, 3.63) is 12.2 Å². The summed E-state index contributed by atoms with van der Waals surface area (Å²) in [5.41, 5.74) is -1.15. The van der Waals surface area contributed by atoms with Crippen LogP contribution in [0.2, 0.25) is 0 Å². The smallest absolute Gasteiger partial charge is 0.329 e. The van der Waals surface area contributed by atoms with Crippen molar-refractivity contribution < 1.29 is 14.7 Å². The van der Waals surface area contributed by atoms with Crippen LogP contribution in [0.4, 0.5) is 4.79 Å². The normalized spacial score (nSPS) is 18.0. The Hall–Kier alpha value is -2.12. The molecule has 0 bridgehead atoms. The fourth-order valence-electron chi connectivity index (χ4n) is 2.47. The molecule has 1 saturated carbocycles. The summed E-state index contributed by atoms with van der Waals surface area (Å²) in [4.78, 5) is 27.3. The molecule has 0 radical (unpaired) electrons. The van der Waals surface area contributed by atoms with Gasteiger partial charge in [-0.05, 0) is 12.8 Å². The molecular weight excluding hydrogens is 262 g/mol. The highest BCUT2D eigenvalue weighted by molar-refractivity contribution is 5.86. The third-order valence-electron chi connectivity index (χ3n) is 3.60. The molecule has 2 amide bonds. The quantitative estimate of drug-likeness (QED) is 0.608. The molecule has 110 valence electrons. The maximum atomic E-state index is 11.9. The fraction of sp³-hybridized carbons (Fsp3) is 0.667. The van der Waals surface area contributed by atoms with E-state index in [0.29, 0.717) is 18.7 Å². The van der Waals surface area contributed by atoms with Gasteiger partial charge in [0.15, 0.2) is 0 Å². The van der Waals surface area contributed by atoms with E-state index in [1.165, 1.54) is 6.33 Å². The average molecular weight is 281 g/mol. The molecular formula is C12H19N5O3. The van der Waals surface area contributed by atoms with Gasteiger partial charge >= 0.3 is 12.0 Å². The van der Waals surface area contributed by atoms with Gasteiger partial charge in [0, 0.05) is 0 Å². The molecule has 0 saturated heterocycles. The number of aromatic nitrogens is 3. The molecule has 1 aromatic heterocycles. The molecule has 1 heterocycles. The minimum Gasteiger partial charge on any atom is -0.480 e. The molecule has 0 aliphatic heterocycles. The number of aliphatic carboxylic acids is 1. The Kier molecular flexibility index (Phi) is 4.54. The summed E-state index contributed by atoms with van der Waals surface area (Å²) in [6, 6.07) is -0.495. The lowest BCUT2D eigenvalue weighted by molar-refractivity contribution is -0.145. The molecule has 1 aromatic rings. The zero-order valence-corrected chi connectivity index (χ0v) is 11.2. The first-order valence-electron chi connectivity index (χ1n) is 6.76. The number of carboxylic acid groups (broad SMARTS) is 1. The van der Waals surface area contributed by atoms with Gasteiger partial charge < -0.3 is 15.7 Å². The lowest BCUT2D eigenvalue weighted by Crippen LogP contribution is -2.56. The van der Waals surface area contributed by atoms with Crippen LogP contribution in [-0.2, 0) is 11.3 Å². The number of carbonyl (C=O) groups is 2. The van der Waals surface area contributed by atoms with Gasteiger partial charge in [0.1, 0.15) is 17.7 Å². The zero-order chi connectivity index (χ0) is 14.4.